The average molecular weight is 291 g/mol. The molecule has 0 saturated carbocycles. The lowest BCUT2D eigenvalue weighted by Gasteiger charge is -2.30. The number of nitrogens with zero attached hydrogens (tertiary/aromatic N) is 1. The Morgan fingerprint density at radius 3 is 2.86 bits per heavy atom. The molecule has 1 aromatic carbocycles. The summed E-state index contributed by atoms with van der Waals surface area (Å²) in [5, 5.41) is 9.24. The summed E-state index contributed by atoms with van der Waals surface area (Å²) in [6, 6.07) is 5.12. The minimum atomic E-state index is -0.938. The Morgan fingerprint density at radius 1 is 1.33 bits per heavy atom. The molecule has 0 bridgehead atoms. The lowest BCUT2D eigenvalue weighted by atomic mass is 9.96. The van der Waals surface area contributed by atoms with Crippen molar-refractivity contribution in [1.29, 1.82) is 0 Å². The second-order valence-electron chi connectivity index (χ2n) is 5.12. The van der Waals surface area contributed by atoms with Crippen LogP contribution in [0.3, 0.4) is 0 Å². The van der Waals surface area contributed by atoms with Crippen molar-refractivity contribution >= 4 is 17.6 Å². The van der Waals surface area contributed by atoms with E-state index in [0.29, 0.717) is 38.2 Å². The van der Waals surface area contributed by atoms with Crippen LogP contribution in [0.4, 0.5) is 5.69 Å². The normalized spacial score (nSPS) is 13.9. The van der Waals surface area contributed by atoms with E-state index in [4.69, 9.17) is 4.74 Å². The van der Waals surface area contributed by atoms with Crippen LogP contribution in [0.1, 0.15) is 42.1 Å². The highest BCUT2D eigenvalue weighted by Crippen LogP contribution is 2.30. The van der Waals surface area contributed by atoms with Gasteiger partial charge in [0.1, 0.15) is 0 Å². The van der Waals surface area contributed by atoms with Crippen molar-refractivity contribution in [3.8, 4) is 0 Å². The summed E-state index contributed by atoms with van der Waals surface area (Å²) in [5.41, 5.74) is 1.80. The maximum Gasteiger partial charge on any atom is 0.336 e. The number of hydrogen-bond donors (Lipinski definition) is 1. The summed E-state index contributed by atoms with van der Waals surface area (Å²) >= 11 is 0. The first kappa shape index (κ1) is 15.5. The van der Waals surface area contributed by atoms with Crippen LogP contribution in [0.2, 0.25) is 0 Å². The topological polar surface area (TPSA) is 66.8 Å². The third-order valence-electron chi connectivity index (χ3n) is 3.59. The zero-order chi connectivity index (χ0) is 15.2. The lowest BCUT2D eigenvalue weighted by Crippen LogP contribution is -2.36. The number of carboxylic acid groups (broad SMARTS) is 1. The molecular weight excluding hydrogens is 270 g/mol. The molecule has 1 aliphatic rings. The lowest BCUT2D eigenvalue weighted by molar-refractivity contribution is -0.119. The van der Waals surface area contributed by atoms with Gasteiger partial charge in [0.25, 0.3) is 0 Å². The van der Waals surface area contributed by atoms with Gasteiger partial charge >= 0.3 is 5.97 Å². The van der Waals surface area contributed by atoms with Crippen LogP contribution in [0.25, 0.3) is 0 Å². The van der Waals surface area contributed by atoms with Crippen molar-refractivity contribution < 1.29 is 19.4 Å². The van der Waals surface area contributed by atoms with Crippen molar-refractivity contribution in [2.75, 3.05) is 24.7 Å². The molecule has 5 heteroatoms. The van der Waals surface area contributed by atoms with E-state index in [1.807, 2.05) is 13.0 Å². The number of carbonyl (C=O) groups excluding carboxylic acids is 1. The fourth-order valence-corrected chi connectivity index (χ4v) is 2.62. The number of carbonyl (C=O) groups is 2. The van der Waals surface area contributed by atoms with Crippen molar-refractivity contribution in [3.63, 3.8) is 0 Å². The standard InChI is InChI=1S/C16H21NO4/c1-2-10-21-11-8-15(18)17-9-4-6-12-13(16(19)20)5-3-7-14(12)17/h3,5,7H,2,4,6,8-11H2,1H3,(H,19,20). The highest BCUT2D eigenvalue weighted by Gasteiger charge is 2.25. The highest BCUT2D eigenvalue weighted by atomic mass is 16.5. The molecule has 114 valence electrons. The minimum Gasteiger partial charge on any atom is -0.478 e. The zero-order valence-corrected chi connectivity index (χ0v) is 12.3. The predicted molar refractivity (Wildman–Crippen MR) is 79.8 cm³/mol. The first-order chi connectivity index (χ1) is 10.1. The van der Waals surface area contributed by atoms with Crippen LogP contribution in [-0.4, -0.2) is 36.7 Å². The zero-order valence-electron chi connectivity index (χ0n) is 12.3. The summed E-state index contributed by atoms with van der Waals surface area (Å²) in [7, 11) is 0. The monoisotopic (exact) mass is 291 g/mol. The van der Waals surface area contributed by atoms with E-state index in [9.17, 15) is 14.7 Å². The molecule has 0 aromatic heterocycles. The smallest absolute Gasteiger partial charge is 0.336 e. The molecule has 0 aliphatic carbocycles. The third-order valence-corrected chi connectivity index (χ3v) is 3.59. The van der Waals surface area contributed by atoms with Gasteiger partial charge in [-0.15, -0.1) is 0 Å². The van der Waals surface area contributed by atoms with E-state index in [1.165, 1.54) is 0 Å². The van der Waals surface area contributed by atoms with E-state index in [1.54, 1.807) is 17.0 Å². The predicted octanol–water partition coefficient (Wildman–Crippen LogP) is 2.48. The van der Waals surface area contributed by atoms with Gasteiger partial charge in [0.05, 0.1) is 18.6 Å². The maximum atomic E-state index is 12.3. The van der Waals surface area contributed by atoms with Gasteiger partial charge in [-0.05, 0) is 37.0 Å². The summed E-state index contributed by atoms with van der Waals surface area (Å²) in [6.07, 6.45) is 2.76. The van der Waals surface area contributed by atoms with E-state index >= 15 is 0 Å². The van der Waals surface area contributed by atoms with Crippen LogP contribution < -0.4 is 4.90 Å². The summed E-state index contributed by atoms with van der Waals surface area (Å²) in [4.78, 5) is 25.3. The Bertz CT molecular complexity index is 527. The Kier molecular flexibility index (Phi) is 5.33. The van der Waals surface area contributed by atoms with E-state index in [-0.39, 0.29) is 5.91 Å². The molecule has 0 fully saturated rings. The van der Waals surface area contributed by atoms with Crippen LogP contribution in [-0.2, 0) is 16.0 Å². The molecule has 0 unspecified atom stereocenters. The molecule has 0 saturated heterocycles. The summed E-state index contributed by atoms with van der Waals surface area (Å²) in [5.74, 6) is -0.943. The third kappa shape index (κ3) is 3.61. The molecule has 1 N–H and O–H groups in total. The van der Waals surface area contributed by atoms with Crippen molar-refractivity contribution in [2.45, 2.75) is 32.6 Å². The Labute approximate surface area is 124 Å². The second kappa shape index (κ2) is 7.22. The number of anilines is 1. The molecule has 21 heavy (non-hydrogen) atoms. The van der Waals surface area contributed by atoms with E-state index in [2.05, 4.69) is 0 Å². The van der Waals surface area contributed by atoms with Crippen molar-refractivity contribution in [2.24, 2.45) is 0 Å². The van der Waals surface area contributed by atoms with Gasteiger partial charge in [-0.25, -0.2) is 4.79 Å². The van der Waals surface area contributed by atoms with Crippen LogP contribution in [0.15, 0.2) is 18.2 Å². The largest absolute Gasteiger partial charge is 0.478 e. The maximum absolute atomic E-state index is 12.3. The summed E-state index contributed by atoms with van der Waals surface area (Å²) < 4.78 is 5.35. The van der Waals surface area contributed by atoms with Crippen LogP contribution in [0, 0.1) is 0 Å². The molecule has 1 amide bonds. The van der Waals surface area contributed by atoms with Gasteiger partial charge in [-0.2, -0.15) is 0 Å². The van der Waals surface area contributed by atoms with E-state index in [0.717, 1.165) is 24.1 Å². The second-order valence-corrected chi connectivity index (χ2v) is 5.12. The minimum absolute atomic E-state index is 0.00501. The number of benzene rings is 1. The van der Waals surface area contributed by atoms with Gasteiger partial charge in [0, 0.05) is 18.8 Å². The number of carboxylic acids is 1. The molecule has 2 rings (SSSR count). The number of fused-ring (bicyclic) bond motifs is 1. The fourth-order valence-electron chi connectivity index (χ4n) is 2.62. The number of ether oxygens (including phenoxy) is 1. The molecule has 0 radical (unpaired) electrons. The molecule has 0 atom stereocenters. The molecule has 1 aromatic rings. The quantitative estimate of drug-likeness (QED) is 0.818. The Morgan fingerprint density at radius 2 is 2.14 bits per heavy atom. The number of amides is 1. The van der Waals surface area contributed by atoms with Crippen molar-refractivity contribution in [3.05, 3.63) is 29.3 Å². The number of aromatic carboxylic acids is 1. The van der Waals surface area contributed by atoms with E-state index < -0.39 is 5.97 Å². The Balaban J connectivity index is 2.13. The fraction of sp³-hybridized carbons (Fsp3) is 0.500. The number of rotatable bonds is 6. The Hall–Kier alpha value is -1.88. The molecular formula is C16H21NO4. The van der Waals surface area contributed by atoms with Crippen molar-refractivity contribution in [1.82, 2.24) is 0 Å². The number of hydrogen-bond acceptors (Lipinski definition) is 3. The first-order valence-corrected chi connectivity index (χ1v) is 7.38. The van der Waals surface area contributed by atoms with Gasteiger partial charge in [0.2, 0.25) is 5.91 Å². The van der Waals surface area contributed by atoms with Gasteiger partial charge < -0.3 is 14.7 Å². The van der Waals surface area contributed by atoms with Gasteiger partial charge in [0.15, 0.2) is 0 Å². The summed E-state index contributed by atoms with van der Waals surface area (Å²) in [6.45, 7) is 3.74. The molecule has 5 nitrogen and oxygen atoms in total. The molecule has 1 aliphatic heterocycles. The first-order valence-electron chi connectivity index (χ1n) is 7.38. The van der Waals surface area contributed by atoms with Crippen LogP contribution >= 0.6 is 0 Å². The molecule has 0 spiro atoms. The average Bonchev–Trinajstić information content (AvgIpc) is 2.50. The SMILES string of the molecule is CCCOCCC(=O)N1CCCc2c(C(=O)O)cccc21. The van der Waals surface area contributed by atoms with Gasteiger partial charge in [-0.3, -0.25) is 4.79 Å². The highest BCUT2D eigenvalue weighted by molar-refractivity contribution is 5.98. The van der Waals surface area contributed by atoms with Crippen LogP contribution in [0.5, 0.6) is 0 Å². The molecule has 1 heterocycles. The van der Waals surface area contributed by atoms with Gasteiger partial charge in [-0.1, -0.05) is 13.0 Å².